The van der Waals surface area contributed by atoms with Crippen LogP contribution in [0.5, 0.6) is 0 Å². The van der Waals surface area contributed by atoms with Gasteiger partial charge in [-0.2, -0.15) is 0 Å². The van der Waals surface area contributed by atoms with E-state index in [0.717, 1.165) is 22.2 Å². The van der Waals surface area contributed by atoms with Crippen molar-refractivity contribution in [3.63, 3.8) is 0 Å². The van der Waals surface area contributed by atoms with E-state index in [1.165, 1.54) is 0 Å². The minimum atomic E-state index is -1.29. The standard InChI is InChI=1S/C19H21N3O4/c1-19(22-18(24)25,17(23)20-9-8-14-5-4-10-26-14)11-13-12-21-16-7-3-2-6-15(13)16/h2-7,10,12,21-22H,8-9,11H2,1H3,(H,20,23)(H,24,25). The monoisotopic (exact) mass is 355 g/mol. The van der Waals surface area contributed by atoms with Crippen LogP contribution in [0.3, 0.4) is 0 Å². The van der Waals surface area contributed by atoms with E-state index in [4.69, 9.17) is 4.42 Å². The number of hydrogen-bond donors (Lipinski definition) is 4. The summed E-state index contributed by atoms with van der Waals surface area (Å²) in [5.41, 5.74) is 0.524. The van der Waals surface area contributed by atoms with Crippen LogP contribution in [-0.4, -0.2) is 34.2 Å². The molecule has 1 aromatic carbocycles. The molecule has 0 radical (unpaired) electrons. The van der Waals surface area contributed by atoms with E-state index < -0.39 is 11.6 Å². The van der Waals surface area contributed by atoms with Crippen LogP contribution in [0.1, 0.15) is 18.2 Å². The number of amides is 2. The van der Waals surface area contributed by atoms with Gasteiger partial charge in [0.2, 0.25) is 5.91 Å². The molecule has 7 heteroatoms. The largest absolute Gasteiger partial charge is 0.469 e. The predicted molar refractivity (Wildman–Crippen MR) is 97.0 cm³/mol. The van der Waals surface area contributed by atoms with Crippen molar-refractivity contribution in [3.05, 3.63) is 60.2 Å². The van der Waals surface area contributed by atoms with Crippen molar-refractivity contribution < 1.29 is 19.1 Å². The topological polar surface area (TPSA) is 107 Å². The molecule has 1 atom stereocenters. The molecular formula is C19H21N3O4. The molecule has 0 aliphatic rings. The second-order valence-electron chi connectivity index (χ2n) is 6.38. The lowest BCUT2D eigenvalue weighted by atomic mass is 9.91. The Morgan fingerprint density at radius 2 is 2.04 bits per heavy atom. The lowest BCUT2D eigenvalue weighted by Crippen LogP contribution is -2.58. The number of aromatic amines is 1. The van der Waals surface area contributed by atoms with Gasteiger partial charge in [-0.15, -0.1) is 0 Å². The zero-order valence-corrected chi connectivity index (χ0v) is 14.4. The predicted octanol–water partition coefficient (Wildman–Crippen LogP) is 2.69. The maximum atomic E-state index is 12.7. The molecule has 0 fully saturated rings. The average molecular weight is 355 g/mol. The quantitative estimate of drug-likeness (QED) is 0.522. The Bertz CT molecular complexity index is 901. The molecule has 3 rings (SSSR count). The maximum absolute atomic E-state index is 12.7. The summed E-state index contributed by atoms with van der Waals surface area (Å²) in [6, 6.07) is 11.3. The lowest BCUT2D eigenvalue weighted by molar-refractivity contribution is -0.126. The fourth-order valence-corrected chi connectivity index (χ4v) is 3.03. The summed E-state index contributed by atoms with van der Waals surface area (Å²) in [4.78, 5) is 27.1. The number of carbonyl (C=O) groups excluding carboxylic acids is 1. The highest BCUT2D eigenvalue weighted by molar-refractivity contribution is 5.91. The number of H-pyrrole nitrogens is 1. The molecule has 26 heavy (non-hydrogen) atoms. The average Bonchev–Trinajstić information content (AvgIpc) is 3.24. The summed E-state index contributed by atoms with van der Waals surface area (Å²) in [5, 5.41) is 15.3. The van der Waals surface area contributed by atoms with Gasteiger partial charge in [0, 0.05) is 36.5 Å². The smallest absolute Gasteiger partial charge is 0.405 e. The molecule has 7 nitrogen and oxygen atoms in total. The Hall–Kier alpha value is -3.22. The Balaban J connectivity index is 1.74. The summed E-state index contributed by atoms with van der Waals surface area (Å²) in [5.74, 6) is 0.381. The zero-order valence-electron chi connectivity index (χ0n) is 14.4. The molecular weight excluding hydrogens is 334 g/mol. The second-order valence-corrected chi connectivity index (χ2v) is 6.38. The number of hydrogen-bond acceptors (Lipinski definition) is 3. The van der Waals surface area contributed by atoms with E-state index in [-0.39, 0.29) is 12.3 Å². The summed E-state index contributed by atoms with van der Waals surface area (Å²) < 4.78 is 5.23. The fourth-order valence-electron chi connectivity index (χ4n) is 3.03. The Morgan fingerprint density at radius 3 is 2.77 bits per heavy atom. The van der Waals surface area contributed by atoms with Crippen molar-refractivity contribution >= 4 is 22.9 Å². The van der Waals surface area contributed by atoms with Gasteiger partial charge in [-0.1, -0.05) is 18.2 Å². The highest BCUT2D eigenvalue weighted by atomic mass is 16.4. The van der Waals surface area contributed by atoms with Crippen LogP contribution in [0.25, 0.3) is 10.9 Å². The number of nitrogens with one attached hydrogen (secondary N) is 3. The molecule has 136 valence electrons. The number of carbonyl (C=O) groups is 2. The highest BCUT2D eigenvalue weighted by Crippen LogP contribution is 2.23. The third-order valence-corrected chi connectivity index (χ3v) is 4.34. The molecule has 0 spiro atoms. The number of rotatable bonds is 7. The summed E-state index contributed by atoms with van der Waals surface area (Å²) in [6.45, 7) is 1.95. The number of aromatic nitrogens is 1. The normalized spacial score (nSPS) is 13.3. The third kappa shape index (κ3) is 3.88. The van der Waals surface area contributed by atoms with Crippen molar-refractivity contribution in [1.29, 1.82) is 0 Å². The number of fused-ring (bicyclic) bond motifs is 1. The summed E-state index contributed by atoms with van der Waals surface area (Å²) in [6.07, 6.45) is 2.91. The molecule has 0 bridgehead atoms. The van der Waals surface area contributed by atoms with Crippen LogP contribution < -0.4 is 10.6 Å². The first-order valence-corrected chi connectivity index (χ1v) is 8.35. The van der Waals surface area contributed by atoms with Gasteiger partial charge in [-0.3, -0.25) is 4.79 Å². The first kappa shape index (κ1) is 17.6. The SMILES string of the molecule is CC(Cc1c[nH]c2ccccc12)(NC(=O)O)C(=O)NCCc1ccco1. The van der Waals surface area contributed by atoms with E-state index in [0.29, 0.717) is 13.0 Å². The van der Waals surface area contributed by atoms with Crippen molar-refractivity contribution in [2.24, 2.45) is 0 Å². The molecule has 3 aromatic rings. The van der Waals surface area contributed by atoms with E-state index in [2.05, 4.69) is 15.6 Å². The van der Waals surface area contributed by atoms with Gasteiger partial charge in [0.15, 0.2) is 0 Å². The summed E-state index contributed by atoms with van der Waals surface area (Å²) in [7, 11) is 0. The van der Waals surface area contributed by atoms with Crippen LogP contribution in [0.2, 0.25) is 0 Å². The van der Waals surface area contributed by atoms with Crippen LogP contribution in [0, 0.1) is 0 Å². The van der Waals surface area contributed by atoms with Crippen molar-refractivity contribution in [3.8, 4) is 0 Å². The first-order chi connectivity index (χ1) is 12.5. The van der Waals surface area contributed by atoms with Gasteiger partial charge in [0.05, 0.1) is 6.26 Å². The minimum absolute atomic E-state index is 0.232. The van der Waals surface area contributed by atoms with Crippen molar-refractivity contribution in [2.45, 2.75) is 25.3 Å². The molecule has 2 aromatic heterocycles. The molecule has 0 saturated heterocycles. The van der Waals surface area contributed by atoms with E-state index in [9.17, 15) is 14.7 Å². The molecule has 4 N–H and O–H groups in total. The minimum Gasteiger partial charge on any atom is -0.469 e. The fraction of sp³-hybridized carbons (Fsp3) is 0.263. The number of benzene rings is 1. The molecule has 0 aliphatic heterocycles. The van der Waals surface area contributed by atoms with Crippen LogP contribution in [0.15, 0.2) is 53.3 Å². The molecule has 0 saturated carbocycles. The Morgan fingerprint density at radius 1 is 1.23 bits per heavy atom. The third-order valence-electron chi connectivity index (χ3n) is 4.34. The van der Waals surface area contributed by atoms with Crippen molar-refractivity contribution in [2.75, 3.05) is 6.54 Å². The maximum Gasteiger partial charge on any atom is 0.405 e. The number of carboxylic acid groups (broad SMARTS) is 1. The molecule has 2 heterocycles. The van der Waals surface area contributed by atoms with Crippen LogP contribution in [0.4, 0.5) is 4.79 Å². The number of para-hydroxylation sites is 1. The van der Waals surface area contributed by atoms with E-state index in [1.807, 2.05) is 36.5 Å². The van der Waals surface area contributed by atoms with Crippen LogP contribution in [-0.2, 0) is 17.6 Å². The van der Waals surface area contributed by atoms with Gasteiger partial charge in [0.25, 0.3) is 0 Å². The molecule has 2 amide bonds. The van der Waals surface area contributed by atoms with Gasteiger partial charge in [0.1, 0.15) is 11.3 Å². The van der Waals surface area contributed by atoms with Gasteiger partial charge in [-0.05, 0) is 30.7 Å². The Kier molecular flexibility index (Phi) is 4.97. The number of furan rings is 1. The second kappa shape index (κ2) is 7.35. The van der Waals surface area contributed by atoms with Crippen LogP contribution >= 0.6 is 0 Å². The zero-order chi connectivity index (χ0) is 18.6. The molecule has 0 aliphatic carbocycles. The highest BCUT2D eigenvalue weighted by Gasteiger charge is 2.35. The Labute approximate surface area is 150 Å². The lowest BCUT2D eigenvalue weighted by Gasteiger charge is -2.28. The van der Waals surface area contributed by atoms with E-state index >= 15 is 0 Å². The van der Waals surface area contributed by atoms with Gasteiger partial charge >= 0.3 is 6.09 Å². The van der Waals surface area contributed by atoms with E-state index in [1.54, 1.807) is 19.3 Å². The first-order valence-electron chi connectivity index (χ1n) is 8.35. The van der Waals surface area contributed by atoms with Crippen molar-refractivity contribution in [1.82, 2.24) is 15.6 Å². The van der Waals surface area contributed by atoms with Gasteiger partial charge < -0.3 is 25.1 Å². The molecule has 1 unspecified atom stereocenters. The van der Waals surface area contributed by atoms with Gasteiger partial charge in [-0.25, -0.2) is 4.79 Å². The summed E-state index contributed by atoms with van der Waals surface area (Å²) >= 11 is 0.